The van der Waals surface area contributed by atoms with E-state index >= 15 is 0 Å². The van der Waals surface area contributed by atoms with Gasteiger partial charge in [0, 0.05) is 13.1 Å². The number of rotatable bonds is 4. The lowest BCUT2D eigenvalue weighted by atomic mass is 10.0. The van der Waals surface area contributed by atoms with Crippen LogP contribution in [0.25, 0.3) is 12.2 Å². The van der Waals surface area contributed by atoms with E-state index in [2.05, 4.69) is 51.4 Å². The van der Waals surface area contributed by atoms with Gasteiger partial charge in [0.05, 0.1) is 6.67 Å². The van der Waals surface area contributed by atoms with Crippen molar-refractivity contribution in [3.63, 3.8) is 0 Å². The van der Waals surface area contributed by atoms with Gasteiger partial charge in [0.2, 0.25) is 4.77 Å². The fraction of sp³-hybridized carbons (Fsp3) is 0.200. The van der Waals surface area contributed by atoms with Crippen molar-refractivity contribution in [3.05, 3.63) is 81.9 Å². The van der Waals surface area contributed by atoms with E-state index < -0.39 is 0 Å². The second-order valence-electron chi connectivity index (χ2n) is 6.28. The minimum atomic E-state index is 0.589. The molecule has 0 radical (unpaired) electrons. The van der Waals surface area contributed by atoms with Gasteiger partial charge in [-0.1, -0.05) is 60.7 Å². The van der Waals surface area contributed by atoms with Crippen molar-refractivity contribution in [2.45, 2.75) is 19.6 Å². The highest BCUT2D eigenvalue weighted by atomic mass is 32.1. The molecule has 1 aliphatic heterocycles. The molecule has 2 aromatic carbocycles. The summed E-state index contributed by atoms with van der Waals surface area (Å²) < 4.78 is 2.53. The maximum Gasteiger partial charge on any atom is 0.217 e. The Kier molecular flexibility index (Phi) is 4.59. The standard InChI is InChI=1S/C20H20N4S/c25-20-21-19(11-10-16-6-2-1-3-7-16)22-24(20)15-23-13-12-17-8-4-5-9-18(17)14-23/h1-11H,12-15H2,(H,21,22,25)/b11-10+. The molecule has 0 aliphatic carbocycles. The molecule has 0 atom stereocenters. The van der Waals surface area contributed by atoms with Crippen molar-refractivity contribution >= 4 is 24.4 Å². The minimum absolute atomic E-state index is 0.589. The first kappa shape index (κ1) is 16.0. The van der Waals surface area contributed by atoms with E-state index in [1.807, 2.05) is 35.0 Å². The van der Waals surface area contributed by atoms with Crippen LogP contribution in [-0.2, 0) is 19.6 Å². The second-order valence-corrected chi connectivity index (χ2v) is 6.64. The average Bonchev–Trinajstić information content (AvgIpc) is 3.00. The summed E-state index contributed by atoms with van der Waals surface area (Å²) in [6, 6.07) is 18.8. The van der Waals surface area contributed by atoms with E-state index in [-0.39, 0.29) is 0 Å². The summed E-state index contributed by atoms with van der Waals surface area (Å²) in [5.41, 5.74) is 4.01. The Bertz CT molecular complexity index is 940. The molecule has 4 nitrogen and oxygen atoms in total. The van der Waals surface area contributed by atoms with Crippen LogP contribution < -0.4 is 0 Å². The van der Waals surface area contributed by atoms with Crippen LogP contribution in [-0.4, -0.2) is 26.2 Å². The molecule has 1 aromatic heterocycles. The molecule has 1 N–H and O–H groups in total. The molecular weight excluding hydrogens is 328 g/mol. The maximum atomic E-state index is 5.41. The van der Waals surface area contributed by atoms with Gasteiger partial charge in [-0.3, -0.25) is 10.00 Å². The van der Waals surface area contributed by atoms with Crippen molar-refractivity contribution in [1.29, 1.82) is 0 Å². The molecule has 0 unspecified atom stereocenters. The van der Waals surface area contributed by atoms with Crippen molar-refractivity contribution in [1.82, 2.24) is 19.7 Å². The molecule has 0 spiro atoms. The van der Waals surface area contributed by atoms with Crippen molar-refractivity contribution in [2.75, 3.05) is 6.54 Å². The number of aromatic amines is 1. The van der Waals surface area contributed by atoms with Gasteiger partial charge in [0.25, 0.3) is 0 Å². The van der Waals surface area contributed by atoms with Gasteiger partial charge in [-0.15, -0.1) is 0 Å². The molecule has 0 saturated carbocycles. The Labute approximate surface area is 152 Å². The normalized spacial score (nSPS) is 14.7. The Morgan fingerprint density at radius 1 is 1.00 bits per heavy atom. The second kappa shape index (κ2) is 7.17. The summed E-state index contributed by atoms with van der Waals surface area (Å²) in [5.74, 6) is 0.784. The SMILES string of the molecule is S=c1nc(/C=C/c2ccccc2)[nH]n1CN1CCc2ccccc2C1. The highest BCUT2D eigenvalue weighted by molar-refractivity contribution is 7.71. The van der Waals surface area contributed by atoms with Crippen LogP contribution in [0.15, 0.2) is 54.6 Å². The zero-order valence-electron chi connectivity index (χ0n) is 13.9. The number of fused-ring (bicyclic) bond motifs is 1. The van der Waals surface area contributed by atoms with Crippen molar-refractivity contribution in [2.24, 2.45) is 0 Å². The van der Waals surface area contributed by atoms with Crippen LogP contribution in [0.4, 0.5) is 0 Å². The molecule has 0 bridgehead atoms. The molecule has 0 fully saturated rings. The summed E-state index contributed by atoms with van der Waals surface area (Å²) in [5, 5.41) is 3.30. The zero-order valence-corrected chi connectivity index (χ0v) is 14.7. The number of H-pyrrole nitrogens is 1. The Hall–Kier alpha value is -2.50. The third-order valence-corrected chi connectivity index (χ3v) is 4.79. The van der Waals surface area contributed by atoms with Crippen LogP contribution in [0.5, 0.6) is 0 Å². The van der Waals surface area contributed by atoms with Crippen molar-refractivity contribution in [3.8, 4) is 0 Å². The van der Waals surface area contributed by atoms with E-state index in [0.717, 1.165) is 37.6 Å². The summed E-state index contributed by atoms with van der Waals surface area (Å²) in [4.78, 5) is 6.83. The highest BCUT2D eigenvalue weighted by Gasteiger charge is 2.16. The van der Waals surface area contributed by atoms with E-state index in [1.54, 1.807) is 0 Å². The summed E-state index contributed by atoms with van der Waals surface area (Å²) >= 11 is 5.41. The molecule has 3 aromatic rings. The number of aromatic nitrogens is 3. The highest BCUT2D eigenvalue weighted by Crippen LogP contribution is 2.18. The number of hydrogen-bond acceptors (Lipinski definition) is 3. The van der Waals surface area contributed by atoms with Crippen LogP contribution in [0.2, 0.25) is 0 Å². The quantitative estimate of drug-likeness (QED) is 0.721. The smallest absolute Gasteiger partial charge is 0.217 e. The Morgan fingerprint density at radius 2 is 1.76 bits per heavy atom. The fourth-order valence-corrected chi connectivity index (χ4v) is 3.36. The van der Waals surface area contributed by atoms with Crippen LogP contribution in [0.1, 0.15) is 22.5 Å². The van der Waals surface area contributed by atoms with Gasteiger partial charge < -0.3 is 0 Å². The number of hydrogen-bond donors (Lipinski definition) is 1. The van der Waals surface area contributed by atoms with Gasteiger partial charge >= 0.3 is 0 Å². The lowest BCUT2D eigenvalue weighted by molar-refractivity contribution is 0.188. The third-order valence-electron chi connectivity index (χ3n) is 4.48. The van der Waals surface area contributed by atoms with E-state index in [9.17, 15) is 0 Å². The molecule has 25 heavy (non-hydrogen) atoms. The van der Waals surface area contributed by atoms with Crippen LogP contribution >= 0.6 is 12.2 Å². The van der Waals surface area contributed by atoms with Crippen LogP contribution in [0, 0.1) is 4.77 Å². The van der Waals surface area contributed by atoms with E-state index in [4.69, 9.17) is 12.2 Å². The minimum Gasteiger partial charge on any atom is -0.280 e. The molecular formula is C20H20N4S. The van der Waals surface area contributed by atoms with Crippen molar-refractivity contribution < 1.29 is 0 Å². The maximum absolute atomic E-state index is 5.41. The molecule has 0 amide bonds. The summed E-state index contributed by atoms with van der Waals surface area (Å²) in [6.45, 7) is 2.72. The molecule has 4 rings (SSSR count). The first-order valence-corrected chi connectivity index (χ1v) is 8.88. The van der Waals surface area contributed by atoms with Gasteiger partial charge in [-0.2, -0.15) is 4.98 Å². The third kappa shape index (κ3) is 3.78. The topological polar surface area (TPSA) is 36.9 Å². The predicted molar refractivity (Wildman–Crippen MR) is 103 cm³/mol. The Morgan fingerprint density at radius 3 is 2.60 bits per heavy atom. The van der Waals surface area contributed by atoms with E-state index in [1.165, 1.54) is 11.1 Å². The predicted octanol–water partition coefficient (Wildman–Crippen LogP) is 4.13. The molecule has 5 heteroatoms. The molecule has 0 saturated heterocycles. The summed E-state index contributed by atoms with van der Waals surface area (Å²) in [7, 11) is 0. The number of nitrogens with one attached hydrogen (secondary N) is 1. The molecule has 126 valence electrons. The number of benzene rings is 2. The lowest BCUT2D eigenvalue weighted by Gasteiger charge is -2.28. The Balaban J connectivity index is 1.46. The van der Waals surface area contributed by atoms with Gasteiger partial charge in [-0.05, 0) is 41.4 Å². The number of nitrogens with zero attached hydrogens (tertiary/aromatic N) is 3. The van der Waals surface area contributed by atoms with Gasteiger partial charge in [0.15, 0.2) is 0 Å². The average molecular weight is 348 g/mol. The fourth-order valence-electron chi connectivity index (χ4n) is 3.16. The summed E-state index contributed by atoms with van der Waals surface area (Å²) in [6.07, 6.45) is 5.08. The zero-order chi connectivity index (χ0) is 17.1. The largest absolute Gasteiger partial charge is 0.280 e. The lowest BCUT2D eigenvalue weighted by Crippen LogP contribution is -2.32. The monoisotopic (exact) mass is 348 g/mol. The molecule has 2 heterocycles. The first-order chi connectivity index (χ1) is 12.3. The van der Waals surface area contributed by atoms with Crippen LogP contribution in [0.3, 0.4) is 0 Å². The van der Waals surface area contributed by atoms with Gasteiger partial charge in [0.1, 0.15) is 5.82 Å². The first-order valence-electron chi connectivity index (χ1n) is 8.47. The molecule has 1 aliphatic rings. The van der Waals surface area contributed by atoms with E-state index in [0.29, 0.717) is 4.77 Å². The van der Waals surface area contributed by atoms with Gasteiger partial charge in [-0.25, -0.2) is 4.68 Å².